The Labute approximate surface area is 107 Å². The molecule has 1 N–H and O–H groups in total. The summed E-state index contributed by atoms with van der Waals surface area (Å²) in [5.41, 5.74) is 0. The molecule has 17 heavy (non-hydrogen) atoms. The number of rotatable bonds is 4. The normalized spacial score (nSPS) is 35.6. The number of nitrogens with zero attached hydrogens (tertiary/aromatic N) is 2. The first-order chi connectivity index (χ1) is 8.19. The topological polar surface area (TPSA) is 18.5 Å². The summed E-state index contributed by atoms with van der Waals surface area (Å²) >= 11 is 0. The third kappa shape index (κ3) is 3.67. The number of hydrogen-bond donors (Lipinski definition) is 1. The van der Waals surface area contributed by atoms with E-state index in [0.29, 0.717) is 0 Å². The summed E-state index contributed by atoms with van der Waals surface area (Å²) in [4.78, 5) is 5.10. The molecule has 0 aromatic carbocycles. The quantitative estimate of drug-likeness (QED) is 0.800. The Bertz CT molecular complexity index is 232. The minimum Gasteiger partial charge on any atom is -0.317 e. The molecule has 0 amide bonds. The zero-order valence-corrected chi connectivity index (χ0v) is 11.8. The van der Waals surface area contributed by atoms with Crippen LogP contribution in [0.3, 0.4) is 0 Å². The van der Waals surface area contributed by atoms with Gasteiger partial charge in [-0.1, -0.05) is 6.42 Å². The molecule has 0 spiro atoms. The molecule has 3 nitrogen and oxygen atoms in total. The Morgan fingerprint density at radius 3 is 2.76 bits per heavy atom. The minimum atomic E-state index is 0.752. The lowest BCUT2D eigenvalue weighted by Gasteiger charge is -2.36. The van der Waals surface area contributed by atoms with Crippen LogP contribution in [0.1, 0.15) is 32.1 Å². The fourth-order valence-corrected chi connectivity index (χ4v) is 3.56. The molecule has 100 valence electrons. The van der Waals surface area contributed by atoms with Crippen molar-refractivity contribution >= 4 is 0 Å². The van der Waals surface area contributed by atoms with Crippen molar-refractivity contribution in [3.8, 4) is 0 Å². The third-order valence-corrected chi connectivity index (χ3v) is 4.71. The number of nitrogens with one attached hydrogen (secondary N) is 1. The van der Waals surface area contributed by atoms with Crippen molar-refractivity contribution in [3.05, 3.63) is 0 Å². The SMILES string of the molecule is CNC1CCCC(N(C)CC2CCN(C)C2)C1. The summed E-state index contributed by atoms with van der Waals surface area (Å²) < 4.78 is 0. The van der Waals surface area contributed by atoms with E-state index in [-0.39, 0.29) is 0 Å². The van der Waals surface area contributed by atoms with E-state index in [0.717, 1.165) is 18.0 Å². The van der Waals surface area contributed by atoms with Gasteiger partial charge in [-0.05, 0) is 59.3 Å². The lowest BCUT2D eigenvalue weighted by Crippen LogP contribution is -2.43. The molecule has 3 atom stereocenters. The van der Waals surface area contributed by atoms with Crippen molar-refractivity contribution in [2.75, 3.05) is 40.8 Å². The van der Waals surface area contributed by atoms with E-state index >= 15 is 0 Å². The summed E-state index contributed by atoms with van der Waals surface area (Å²) in [7, 11) is 6.69. The Hall–Kier alpha value is -0.120. The first-order valence-electron chi connectivity index (χ1n) is 7.25. The summed E-state index contributed by atoms with van der Waals surface area (Å²) in [6.07, 6.45) is 6.90. The second kappa shape index (κ2) is 6.17. The van der Waals surface area contributed by atoms with Crippen LogP contribution in [0.15, 0.2) is 0 Å². The van der Waals surface area contributed by atoms with E-state index in [1.807, 2.05) is 0 Å². The minimum absolute atomic E-state index is 0.752. The van der Waals surface area contributed by atoms with Gasteiger partial charge >= 0.3 is 0 Å². The maximum Gasteiger partial charge on any atom is 0.0107 e. The van der Waals surface area contributed by atoms with E-state index in [1.54, 1.807) is 0 Å². The highest BCUT2D eigenvalue weighted by Crippen LogP contribution is 2.24. The van der Waals surface area contributed by atoms with Gasteiger partial charge in [0, 0.05) is 25.2 Å². The molecule has 1 aliphatic carbocycles. The largest absolute Gasteiger partial charge is 0.317 e. The smallest absolute Gasteiger partial charge is 0.0107 e. The first kappa shape index (κ1) is 13.3. The predicted molar refractivity (Wildman–Crippen MR) is 73.3 cm³/mol. The summed E-state index contributed by atoms with van der Waals surface area (Å²) in [5, 5.41) is 3.45. The van der Waals surface area contributed by atoms with Crippen molar-refractivity contribution < 1.29 is 0 Å². The van der Waals surface area contributed by atoms with Crippen LogP contribution >= 0.6 is 0 Å². The zero-order chi connectivity index (χ0) is 12.3. The molecule has 0 aromatic heterocycles. The Morgan fingerprint density at radius 1 is 1.29 bits per heavy atom. The fourth-order valence-electron chi connectivity index (χ4n) is 3.56. The maximum absolute atomic E-state index is 3.45. The number of hydrogen-bond acceptors (Lipinski definition) is 3. The average molecular weight is 239 g/mol. The standard InChI is InChI=1S/C14H29N3/c1-15-13-5-4-6-14(9-13)17(3)11-12-7-8-16(2)10-12/h12-15H,4-11H2,1-3H3. The molecule has 1 saturated heterocycles. The molecule has 3 heteroatoms. The van der Waals surface area contributed by atoms with E-state index in [9.17, 15) is 0 Å². The van der Waals surface area contributed by atoms with Crippen molar-refractivity contribution in [1.82, 2.24) is 15.1 Å². The first-order valence-corrected chi connectivity index (χ1v) is 7.25. The molecule has 2 fully saturated rings. The van der Waals surface area contributed by atoms with Gasteiger partial charge in [0.25, 0.3) is 0 Å². The third-order valence-electron chi connectivity index (χ3n) is 4.71. The molecule has 0 bridgehead atoms. The lowest BCUT2D eigenvalue weighted by molar-refractivity contribution is 0.151. The van der Waals surface area contributed by atoms with Gasteiger partial charge in [-0.2, -0.15) is 0 Å². The van der Waals surface area contributed by atoms with Gasteiger partial charge in [0.15, 0.2) is 0 Å². The maximum atomic E-state index is 3.45. The molecule has 3 unspecified atom stereocenters. The van der Waals surface area contributed by atoms with E-state index in [2.05, 4.69) is 36.3 Å². The Morgan fingerprint density at radius 2 is 2.12 bits per heavy atom. The summed E-state index contributed by atoms with van der Waals surface area (Å²) in [6.45, 7) is 3.89. The van der Waals surface area contributed by atoms with Crippen molar-refractivity contribution in [1.29, 1.82) is 0 Å². The van der Waals surface area contributed by atoms with E-state index < -0.39 is 0 Å². The van der Waals surface area contributed by atoms with Crippen LogP contribution in [0.2, 0.25) is 0 Å². The molecular weight excluding hydrogens is 210 g/mol. The van der Waals surface area contributed by atoms with Crippen molar-refractivity contribution in [2.24, 2.45) is 5.92 Å². The van der Waals surface area contributed by atoms with Gasteiger partial charge in [0.2, 0.25) is 0 Å². The van der Waals surface area contributed by atoms with Crippen LogP contribution < -0.4 is 5.32 Å². The second-order valence-corrected chi connectivity index (χ2v) is 6.16. The molecule has 2 rings (SSSR count). The van der Waals surface area contributed by atoms with Gasteiger partial charge in [0.1, 0.15) is 0 Å². The van der Waals surface area contributed by atoms with Crippen LogP contribution in [0, 0.1) is 5.92 Å². The molecule has 1 aliphatic heterocycles. The van der Waals surface area contributed by atoms with E-state index in [1.165, 1.54) is 51.7 Å². The van der Waals surface area contributed by atoms with E-state index in [4.69, 9.17) is 0 Å². The van der Waals surface area contributed by atoms with Crippen LogP contribution in [-0.2, 0) is 0 Å². The van der Waals surface area contributed by atoms with Gasteiger partial charge < -0.3 is 15.1 Å². The van der Waals surface area contributed by atoms with Gasteiger partial charge in [-0.15, -0.1) is 0 Å². The van der Waals surface area contributed by atoms with Crippen molar-refractivity contribution in [2.45, 2.75) is 44.2 Å². The zero-order valence-electron chi connectivity index (χ0n) is 11.8. The van der Waals surface area contributed by atoms with Crippen LogP contribution in [0.25, 0.3) is 0 Å². The summed E-state index contributed by atoms with van der Waals surface area (Å²) in [6, 6.07) is 1.56. The Balaban J connectivity index is 1.76. The molecule has 1 saturated carbocycles. The van der Waals surface area contributed by atoms with Gasteiger partial charge in [-0.3, -0.25) is 0 Å². The van der Waals surface area contributed by atoms with Crippen LogP contribution in [0.4, 0.5) is 0 Å². The second-order valence-electron chi connectivity index (χ2n) is 6.16. The summed E-state index contributed by atoms with van der Waals surface area (Å²) in [5.74, 6) is 0.903. The molecule has 0 aromatic rings. The number of likely N-dealkylation sites (tertiary alicyclic amines) is 1. The fraction of sp³-hybridized carbons (Fsp3) is 1.00. The highest BCUT2D eigenvalue weighted by molar-refractivity contribution is 4.84. The lowest BCUT2D eigenvalue weighted by atomic mass is 9.90. The molecule has 1 heterocycles. The average Bonchev–Trinajstić information content (AvgIpc) is 2.75. The highest BCUT2D eigenvalue weighted by atomic mass is 15.2. The van der Waals surface area contributed by atoms with Crippen LogP contribution in [-0.4, -0.2) is 62.7 Å². The molecule has 0 radical (unpaired) electrons. The van der Waals surface area contributed by atoms with Crippen molar-refractivity contribution in [3.63, 3.8) is 0 Å². The van der Waals surface area contributed by atoms with Gasteiger partial charge in [-0.25, -0.2) is 0 Å². The highest BCUT2D eigenvalue weighted by Gasteiger charge is 2.27. The van der Waals surface area contributed by atoms with Gasteiger partial charge in [0.05, 0.1) is 0 Å². The monoisotopic (exact) mass is 239 g/mol. The predicted octanol–water partition coefficient (Wildman–Crippen LogP) is 1.40. The Kier molecular flexibility index (Phi) is 4.83. The van der Waals surface area contributed by atoms with Crippen LogP contribution in [0.5, 0.6) is 0 Å². The molecular formula is C14H29N3. The molecule has 2 aliphatic rings.